The van der Waals surface area contributed by atoms with E-state index in [4.69, 9.17) is 21.1 Å². The van der Waals surface area contributed by atoms with Crippen LogP contribution in [0.1, 0.15) is 6.92 Å². The first-order chi connectivity index (χ1) is 4.27. The number of aliphatic hydroxyl groups excluding tert-OH is 3. The molecule has 1 unspecified atom stereocenters. The Morgan fingerprint density at radius 3 is 1.30 bits per heavy atom. The molecule has 0 aliphatic carbocycles. The smallest absolute Gasteiger partial charge is 0.0579 e. The van der Waals surface area contributed by atoms with Gasteiger partial charge < -0.3 is 21.1 Å². The molecule has 10 heavy (non-hydrogen) atoms. The van der Waals surface area contributed by atoms with E-state index in [0.717, 1.165) is 14.2 Å². The molecule has 5 N–H and O–H groups in total. The maximum Gasteiger partial charge on any atom is 0.0579 e. The summed E-state index contributed by atoms with van der Waals surface area (Å²) in [5, 5.41) is 22.0. The number of rotatable bonds is 1. The Labute approximate surface area is 76.9 Å². The molecule has 4 nitrogen and oxygen atoms in total. The van der Waals surface area contributed by atoms with Crippen LogP contribution in [0.25, 0.3) is 0 Å². The molecule has 0 heterocycles. The van der Waals surface area contributed by atoms with E-state index in [-0.39, 0.29) is 34.4 Å². The molecule has 0 aromatic carbocycles. The summed E-state index contributed by atoms with van der Waals surface area (Å²) in [4.78, 5) is 0. The number of nitrogens with two attached hydrogens (primary N) is 1. The van der Waals surface area contributed by atoms with Gasteiger partial charge >= 0.3 is 0 Å². The zero-order valence-corrected chi connectivity index (χ0v) is 8.27. The van der Waals surface area contributed by atoms with Crippen LogP contribution in [-0.2, 0) is 21.7 Å². The number of hydrogen-bond acceptors (Lipinski definition) is 4. The van der Waals surface area contributed by atoms with E-state index in [1.807, 2.05) is 0 Å². The number of aliphatic hydroxyl groups is 3. The fraction of sp³-hybridized carbons (Fsp3) is 1.00. The van der Waals surface area contributed by atoms with Gasteiger partial charge in [0.1, 0.15) is 0 Å². The summed E-state index contributed by atoms with van der Waals surface area (Å²) in [5.41, 5.74) is 5.04. The Kier molecular flexibility index (Phi) is 75.6. The molecular weight excluding hydrogens is 170 g/mol. The van der Waals surface area contributed by atoms with Crippen LogP contribution in [0.15, 0.2) is 0 Å². The van der Waals surface area contributed by atoms with Crippen molar-refractivity contribution in [2.24, 2.45) is 5.73 Å². The second-order valence-corrected chi connectivity index (χ2v) is 1.16. The molecule has 0 fully saturated rings. The third-order valence-electron chi connectivity index (χ3n) is 0.288. The predicted octanol–water partition coefficient (Wildman–Crippen LogP) is -1.46. The van der Waals surface area contributed by atoms with Crippen LogP contribution >= 0.6 is 0 Å². The zero-order chi connectivity index (χ0) is 8.28. The predicted molar refractivity (Wildman–Crippen MR) is 37.0 cm³/mol. The molecule has 64 valence electrons. The second kappa shape index (κ2) is 33.7. The Bertz CT molecular complexity index is 30.9. The maximum absolute atomic E-state index is 8.02. The van der Waals surface area contributed by atoms with Gasteiger partial charge in [-0.05, 0) is 6.92 Å². The Hall–Kier alpha value is 0.554. The van der Waals surface area contributed by atoms with Crippen LogP contribution < -0.4 is 5.73 Å². The topological polar surface area (TPSA) is 86.7 Å². The van der Waals surface area contributed by atoms with Crippen molar-refractivity contribution in [3.63, 3.8) is 0 Å². The third-order valence-corrected chi connectivity index (χ3v) is 0.288. The average molecular weight is 187 g/mol. The molecule has 0 rings (SSSR count). The standard InChI is InChI=1S/C3H9NO.2CH4O.Ti/c1-3(4)2-5;2*1-2;/h3,5H,2,4H2,1H3;2*2H,1H3;. The van der Waals surface area contributed by atoms with Crippen LogP contribution in [0.4, 0.5) is 0 Å². The van der Waals surface area contributed by atoms with Crippen LogP contribution in [-0.4, -0.2) is 42.2 Å². The van der Waals surface area contributed by atoms with Crippen molar-refractivity contribution >= 4 is 0 Å². The van der Waals surface area contributed by atoms with E-state index in [2.05, 4.69) is 0 Å². The molecule has 1 atom stereocenters. The van der Waals surface area contributed by atoms with Gasteiger partial charge in [0.15, 0.2) is 0 Å². The first-order valence-electron chi connectivity index (χ1n) is 2.53. The van der Waals surface area contributed by atoms with Gasteiger partial charge in [0.25, 0.3) is 0 Å². The minimum atomic E-state index is -0.0602. The van der Waals surface area contributed by atoms with E-state index >= 15 is 0 Å². The Balaban J connectivity index is -0.0000000315. The van der Waals surface area contributed by atoms with Gasteiger partial charge in [-0.2, -0.15) is 0 Å². The van der Waals surface area contributed by atoms with Gasteiger partial charge in [-0.3, -0.25) is 0 Å². The second-order valence-electron chi connectivity index (χ2n) is 1.16. The van der Waals surface area contributed by atoms with Crippen LogP contribution in [0.3, 0.4) is 0 Å². The maximum atomic E-state index is 8.02. The SMILES string of the molecule is CC(N)CO.CO.CO.[Ti]. The van der Waals surface area contributed by atoms with Crippen molar-refractivity contribution in [3.8, 4) is 0 Å². The average Bonchev–Trinajstić information content (AvgIpc) is 1.97. The summed E-state index contributed by atoms with van der Waals surface area (Å²) < 4.78 is 0. The van der Waals surface area contributed by atoms with Crippen molar-refractivity contribution < 1.29 is 37.0 Å². The molecular formula is C5H17NO3Ti. The van der Waals surface area contributed by atoms with Crippen molar-refractivity contribution in [2.45, 2.75) is 13.0 Å². The molecule has 0 spiro atoms. The molecule has 0 amide bonds. The Morgan fingerprint density at radius 2 is 1.30 bits per heavy atom. The van der Waals surface area contributed by atoms with E-state index in [1.165, 1.54) is 0 Å². The van der Waals surface area contributed by atoms with E-state index in [0.29, 0.717) is 0 Å². The molecule has 0 aliphatic rings. The number of hydrogen-bond donors (Lipinski definition) is 4. The quantitative estimate of drug-likeness (QED) is 0.378. The van der Waals surface area contributed by atoms with Gasteiger partial charge in [-0.25, -0.2) is 0 Å². The summed E-state index contributed by atoms with van der Waals surface area (Å²) in [6, 6.07) is -0.0602. The molecule has 0 aliphatic heterocycles. The summed E-state index contributed by atoms with van der Waals surface area (Å²) in [5.74, 6) is 0. The summed E-state index contributed by atoms with van der Waals surface area (Å²) in [7, 11) is 2.00. The van der Waals surface area contributed by atoms with Gasteiger partial charge in [0.2, 0.25) is 0 Å². The van der Waals surface area contributed by atoms with Gasteiger partial charge in [-0.1, -0.05) is 0 Å². The minimum absolute atomic E-state index is 0. The van der Waals surface area contributed by atoms with E-state index in [1.54, 1.807) is 6.92 Å². The van der Waals surface area contributed by atoms with Crippen LogP contribution in [0.2, 0.25) is 0 Å². The van der Waals surface area contributed by atoms with Gasteiger partial charge in [0.05, 0.1) is 6.61 Å². The summed E-state index contributed by atoms with van der Waals surface area (Å²) >= 11 is 0. The van der Waals surface area contributed by atoms with Crippen molar-refractivity contribution in [2.75, 3.05) is 20.8 Å². The zero-order valence-electron chi connectivity index (χ0n) is 6.70. The molecule has 0 bridgehead atoms. The monoisotopic (exact) mass is 187 g/mol. The third kappa shape index (κ3) is 74.8. The normalized spacial score (nSPS) is 8.70. The molecule has 5 heteroatoms. The first-order valence-corrected chi connectivity index (χ1v) is 2.53. The first kappa shape index (κ1) is 22.4. The molecule has 0 radical (unpaired) electrons. The van der Waals surface area contributed by atoms with Crippen LogP contribution in [0, 0.1) is 0 Å². The fourth-order valence-electron chi connectivity index (χ4n) is 0. The summed E-state index contributed by atoms with van der Waals surface area (Å²) in [6.45, 7) is 1.83. The molecule has 0 saturated heterocycles. The van der Waals surface area contributed by atoms with E-state index < -0.39 is 0 Å². The van der Waals surface area contributed by atoms with Crippen LogP contribution in [0.5, 0.6) is 0 Å². The summed E-state index contributed by atoms with van der Waals surface area (Å²) in [6.07, 6.45) is 0. The molecule has 0 aromatic rings. The largest absolute Gasteiger partial charge is 0.400 e. The minimum Gasteiger partial charge on any atom is -0.400 e. The molecule has 0 aromatic heterocycles. The molecule has 0 saturated carbocycles. The van der Waals surface area contributed by atoms with Crippen molar-refractivity contribution in [3.05, 3.63) is 0 Å². The van der Waals surface area contributed by atoms with E-state index in [9.17, 15) is 0 Å². The van der Waals surface area contributed by atoms with Crippen molar-refractivity contribution in [1.82, 2.24) is 0 Å². The van der Waals surface area contributed by atoms with Gasteiger partial charge in [-0.15, -0.1) is 0 Å². The Morgan fingerprint density at radius 1 is 1.20 bits per heavy atom. The van der Waals surface area contributed by atoms with Gasteiger partial charge in [0, 0.05) is 42.0 Å². The fourth-order valence-corrected chi connectivity index (χ4v) is 0. The van der Waals surface area contributed by atoms with Crippen molar-refractivity contribution in [1.29, 1.82) is 0 Å².